The fraction of sp³-hybridized carbons (Fsp3) is 0.923. The van der Waals surface area contributed by atoms with Crippen molar-refractivity contribution in [2.75, 3.05) is 46.4 Å². The third kappa shape index (κ3) is 3.67. The van der Waals surface area contributed by atoms with E-state index >= 15 is 0 Å². The molecule has 0 aromatic heterocycles. The number of carbonyl (C=O) groups is 1. The Hall–Kier alpha value is -0.650. The largest absolute Gasteiger partial charge is 0.395 e. The maximum atomic E-state index is 12.4. The van der Waals surface area contributed by atoms with Crippen molar-refractivity contribution >= 4 is 5.91 Å². The second kappa shape index (κ2) is 7.07. The van der Waals surface area contributed by atoms with Gasteiger partial charge in [0.25, 0.3) is 5.91 Å². The van der Waals surface area contributed by atoms with Crippen molar-refractivity contribution in [2.45, 2.75) is 32.3 Å². The third-order valence-corrected chi connectivity index (χ3v) is 3.87. The van der Waals surface area contributed by atoms with E-state index in [1.54, 1.807) is 7.11 Å². The van der Waals surface area contributed by atoms with Gasteiger partial charge in [0, 0.05) is 33.3 Å². The molecule has 0 spiro atoms. The summed E-state index contributed by atoms with van der Waals surface area (Å²) in [5, 5.41) is 8.95. The average Bonchev–Trinajstić information content (AvgIpc) is 2.63. The molecule has 1 aliphatic rings. The van der Waals surface area contributed by atoms with E-state index in [0.717, 1.165) is 32.6 Å². The lowest BCUT2D eigenvalue weighted by Crippen LogP contribution is -2.49. The monoisotopic (exact) mass is 258 g/mol. The normalized spacial score (nSPS) is 21.4. The Labute approximate surface area is 110 Å². The van der Waals surface area contributed by atoms with E-state index in [4.69, 9.17) is 9.84 Å². The van der Waals surface area contributed by atoms with Gasteiger partial charge < -0.3 is 14.7 Å². The van der Waals surface area contributed by atoms with Crippen LogP contribution in [0.3, 0.4) is 0 Å². The molecule has 0 bridgehead atoms. The summed E-state index contributed by atoms with van der Waals surface area (Å²) in [4.78, 5) is 16.5. The van der Waals surface area contributed by atoms with Crippen LogP contribution in [0.2, 0.25) is 0 Å². The highest BCUT2D eigenvalue weighted by Crippen LogP contribution is 2.18. The first-order valence-corrected chi connectivity index (χ1v) is 6.75. The average molecular weight is 258 g/mol. The number of ether oxygens (including phenoxy) is 1. The number of carbonyl (C=O) groups excluding carboxylic acids is 1. The third-order valence-electron chi connectivity index (χ3n) is 3.87. The molecule has 1 unspecified atom stereocenters. The smallest absolute Gasteiger partial charge is 0.254 e. The molecule has 0 aromatic rings. The van der Waals surface area contributed by atoms with Crippen molar-refractivity contribution in [2.24, 2.45) is 0 Å². The molecule has 1 atom stereocenters. The number of rotatable bonds is 5. The molecule has 0 saturated carbocycles. The molecule has 0 aliphatic carbocycles. The molecule has 1 rings (SSSR count). The van der Waals surface area contributed by atoms with E-state index < -0.39 is 5.60 Å². The van der Waals surface area contributed by atoms with Gasteiger partial charge in [-0.05, 0) is 26.3 Å². The van der Waals surface area contributed by atoms with E-state index in [2.05, 4.69) is 4.90 Å². The molecule has 1 N–H and O–H groups in total. The Kier molecular flexibility index (Phi) is 6.05. The Morgan fingerprint density at radius 3 is 2.61 bits per heavy atom. The van der Waals surface area contributed by atoms with Crippen LogP contribution < -0.4 is 0 Å². The van der Waals surface area contributed by atoms with E-state index in [9.17, 15) is 4.79 Å². The van der Waals surface area contributed by atoms with E-state index in [1.807, 2.05) is 18.7 Å². The van der Waals surface area contributed by atoms with Gasteiger partial charge in [-0.1, -0.05) is 6.92 Å². The standard InChI is InChI=1S/C13H26N2O3/c1-4-13(2,18-3)12(17)15-7-5-6-14(8-9-15)10-11-16/h16H,4-11H2,1-3H3. The van der Waals surface area contributed by atoms with Crippen molar-refractivity contribution in [3.63, 3.8) is 0 Å². The van der Waals surface area contributed by atoms with Gasteiger partial charge in [-0.2, -0.15) is 0 Å². The number of amides is 1. The second-order valence-electron chi connectivity index (χ2n) is 5.00. The predicted octanol–water partition coefficient (Wildman–Crippen LogP) is 0.328. The Bertz CT molecular complexity index is 267. The van der Waals surface area contributed by atoms with Gasteiger partial charge in [0.1, 0.15) is 5.60 Å². The van der Waals surface area contributed by atoms with Crippen LogP contribution in [0.15, 0.2) is 0 Å². The van der Waals surface area contributed by atoms with Gasteiger partial charge in [0.15, 0.2) is 0 Å². The Morgan fingerprint density at radius 2 is 2.06 bits per heavy atom. The minimum atomic E-state index is -0.702. The summed E-state index contributed by atoms with van der Waals surface area (Å²) < 4.78 is 5.37. The van der Waals surface area contributed by atoms with Crippen molar-refractivity contribution in [3.8, 4) is 0 Å². The lowest BCUT2D eigenvalue weighted by Gasteiger charge is -2.32. The van der Waals surface area contributed by atoms with Crippen LogP contribution in [-0.2, 0) is 9.53 Å². The van der Waals surface area contributed by atoms with Crippen LogP contribution in [0, 0.1) is 0 Å². The van der Waals surface area contributed by atoms with Crippen LogP contribution in [0.5, 0.6) is 0 Å². The zero-order chi connectivity index (χ0) is 13.6. The molecule has 1 saturated heterocycles. The van der Waals surface area contributed by atoms with Crippen molar-refractivity contribution in [1.82, 2.24) is 9.80 Å². The number of hydrogen-bond donors (Lipinski definition) is 1. The summed E-state index contributed by atoms with van der Waals surface area (Å²) in [6, 6.07) is 0. The highest BCUT2D eigenvalue weighted by molar-refractivity contribution is 5.84. The molecule has 1 amide bonds. The Balaban J connectivity index is 2.59. The molecular weight excluding hydrogens is 232 g/mol. The number of hydrogen-bond acceptors (Lipinski definition) is 4. The number of aliphatic hydroxyl groups excluding tert-OH is 1. The molecule has 5 heteroatoms. The van der Waals surface area contributed by atoms with Crippen LogP contribution in [-0.4, -0.2) is 72.9 Å². The predicted molar refractivity (Wildman–Crippen MR) is 70.4 cm³/mol. The highest BCUT2D eigenvalue weighted by Gasteiger charge is 2.35. The van der Waals surface area contributed by atoms with Gasteiger partial charge in [0.2, 0.25) is 0 Å². The number of methoxy groups -OCH3 is 1. The van der Waals surface area contributed by atoms with E-state index in [-0.39, 0.29) is 12.5 Å². The number of nitrogens with zero attached hydrogens (tertiary/aromatic N) is 2. The molecular formula is C13H26N2O3. The minimum absolute atomic E-state index is 0.0818. The summed E-state index contributed by atoms with van der Waals surface area (Å²) in [7, 11) is 1.59. The summed E-state index contributed by atoms with van der Waals surface area (Å²) >= 11 is 0. The maximum Gasteiger partial charge on any atom is 0.254 e. The molecule has 106 valence electrons. The summed E-state index contributed by atoms with van der Waals surface area (Å²) in [5.74, 6) is 0.0818. The van der Waals surface area contributed by atoms with Crippen LogP contribution in [0.25, 0.3) is 0 Å². The molecule has 1 heterocycles. The Morgan fingerprint density at radius 1 is 1.33 bits per heavy atom. The lowest BCUT2D eigenvalue weighted by atomic mass is 10.0. The van der Waals surface area contributed by atoms with E-state index in [1.165, 1.54) is 0 Å². The molecule has 18 heavy (non-hydrogen) atoms. The highest BCUT2D eigenvalue weighted by atomic mass is 16.5. The van der Waals surface area contributed by atoms with Crippen molar-refractivity contribution in [3.05, 3.63) is 0 Å². The quantitative estimate of drug-likeness (QED) is 0.772. The second-order valence-corrected chi connectivity index (χ2v) is 5.00. The molecule has 1 fully saturated rings. The van der Waals surface area contributed by atoms with Crippen molar-refractivity contribution < 1.29 is 14.6 Å². The fourth-order valence-corrected chi connectivity index (χ4v) is 2.26. The summed E-state index contributed by atoms with van der Waals surface area (Å²) in [6.07, 6.45) is 1.63. The SMILES string of the molecule is CCC(C)(OC)C(=O)N1CCCN(CCO)CC1. The summed E-state index contributed by atoms with van der Waals surface area (Å²) in [6.45, 7) is 7.96. The zero-order valence-corrected chi connectivity index (χ0v) is 11.8. The van der Waals surface area contributed by atoms with Gasteiger partial charge in [-0.25, -0.2) is 0 Å². The van der Waals surface area contributed by atoms with Crippen molar-refractivity contribution in [1.29, 1.82) is 0 Å². The van der Waals surface area contributed by atoms with Gasteiger partial charge >= 0.3 is 0 Å². The maximum absolute atomic E-state index is 12.4. The van der Waals surface area contributed by atoms with Gasteiger partial charge in [0.05, 0.1) is 6.61 Å². The first-order chi connectivity index (χ1) is 8.57. The summed E-state index contributed by atoms with van der Waals surface area (Å²) in [5.41, 5.74) is -0.702. The minimum Gasteiger partial charge on any atom is -0.395 e. The lowest BCUT2D eigenvalue weighted by molar-refractivity contribution is -0.153. The molecule has 0 radical (unpaired) electrons. The van der Waals surface area contributed by atoms with Crippen LogP contribution >= 0.6 is 0 Å². The number of β-amino-alcohol motifs (C(OH)–C–C–N with tert-alkyl or cyclic N) is 1. The van der Waals surface area contributed by atoms with E-state index in [0.29, 0.717) is 13.0 Å². The van der Waals surface area contributed by atoms with Gasteiger partial charge in [-0.3, -0.25) is 9.69 Å². The number of aliphatic hydroxyl groups is 1. The molecule has 1 aliphatic heterocycles. The first-order valence-electron chi connectivity index (χ1n) is 6.75. The zero-order valence-electron chi connectivity index (χ0n) is 11.8. The van der Waals surface area contributed by atoms with Gasteiger partial charge in [-0.15, -0.1) is 0 Å². The molecule has 5 nitrogen and oxygen atoms in total. The first kappa shape index (κ1) is 15.4. The van der Waals surface area contributed by atoms with Crippen LogP contribution in [0.1, 0.15) is 26.7 Å². The molecule has 0 aromatic carbocycles. The topological polar surface area (TPSA) is 53.0 Å². The van der Waals surface area contributed by atoms with Crippen LogP contribution in [0.4, 0.5) is 0 Å². The fourth-order valence-electron chi connectivity index (χ4n) is 2.26.